The Hall–Kier alpha value is -1.19. The monoisotopic (exact) mass is 396 g/mol. The molecule has 0 rings (SSSR count). The summed E-state index contributed by atoms with van der Waals surface area (Å²) in [7, 11) is -0.672. The van der Waals surface area contributed by atoms with Crippen molar-refractivity contribution in [2.24, 2.45) is 0 Å². The van der Waals surface area contributed by atoms with E-state index in [-0.39, 0.29) is 0 Å². The molecular weight excluding hydrogens is 359 g/mol. The zero-order chi connectivity index (χ0) is 20.1. The molecule has 5 heteroatoms. The fourth-order valence-corrected chi connectivity index (χ4v) is 2.80. The van der Waals surface area contributed by atoms with Gasteiger partial charge in [-0.2, -0.15) is 0 Å². The summed E-state index contributed by atoms with van der Waals surface area (Å²) >= 11 is 0. The first-order valence-corrected chi connectivity index (χ1v) is 11.3. The molecule has 0 aliphatic rings. The highest BCUT2D eigenvalue weighted by molar-refractivity contribution is 7.48. The first-order valence-electron chi connectivity index (χ1n) is 9.79. The number of phosphoric acid groups is 1. The highest BCUT2D eigenvalue weighted by Gasteiger charge is 2.21. The van der Waals surface area contributed by atoms with Crippen LogP contribution in [-0.2, 0) is 18.1 Å². The molecule has 0 N–H and O–H groups in total. The average molecular weight is 397 g/mol. The summed E-state index contributed by atoms with van der Waals surface area (Å²) in [6, 6.07) is 0. The second kappa shape index (κ2) is 19.6. The Morgan fingerprint density at radius 3 is 1.56 bits per heavy atom. The molecule has 0 aromatic rings. The number of hydrogen-bond donors (Lipinski definition) is 0. The maximum atomic E-state index is 11.6. The van der Waals surface area contributed by atoms with E-state index in [4.69, 9.17) is 13.6 Å². The van der Waals surface area contributed by atoms with Crippen LogP contribution < -0.4 is 0 Å². The molecule has 27 heavy (non-hydrogen) atoms. The molecule has 0 atom stereocenters. The van der Waals surface area contributed by atoms with Crippen LogP contribution in [0.5, 0.6) is 0 Å². The summed E-state index contributed by atoms with van der Waals surface area (Å²) in [6.07, 6.45) is 29.8. The third-order valence-corrected chi connectivity index (χ3v) is 5.01. The summed E-state index contributed by atoms with van der Waals surface area (Å²) in [5.74, 6) is 0. The summed E-state index contributed by atoms with van der Waals surface area (Å²) in [5.41, 5.74) is 0. The van der Waals surface area contributed by atoms with Gasteiger partial charge in [-0.05, 0) is 51.4 Å². The zero-order valence-corrected chi connectivity index (χ0v) is 18.1. The lowest BCUT2D eigenvalue weighted by Crippen LogP contribution is -1.96. The molecule has 0 fully saturated rings. The number of unbranched alkanes of at least 4 members (excludes halogenated alkanes) is 2. The molecule has 0 heterocycles. The van der Waals surface area contributed by atoms with Crippen LogP contribution >= 0.6 is 7.82 Å². The van der Waals surface area contributed by atoms with E-state index in [0.29, 0.717) is 6.61 Å². The third-order valence-electron chi connectivity index (χ3n) is 3.62. The molecule has 0 aromatic carbocycles. The van der Waals surface area contributed by atoms with Gasteiger partial charge in [0.05, 0.1) is 6.61 Å². The van der Waals surface area contributed by atoms with Crippen LogP contribution in [0.2, 0.25) is 0 Å². The van der Waals surface area contributed by atoms with Gasteiger partial charge in [-0.25, -0.2) is 4.57 Å². The van der Waals surface area contributed by atoms with Crippen molar-refractivity contribution in [3.05, 3.63) is 60.8 Å². The highest BCUT2D eigenvalue weighted by Crippen LogP contribution is 2.47. The van der Waals surface area contributed by atoms with Gasteiger partial charge in [-0.1, -0.05) is 67.7 Å². The smallest absolute Gasteiger partial charge is 0.290 e. The summed E-state index contributed by atoms with van der Waals surface area (Å²) in [4.78, 5) is 0. The average Bonchev–Trinajstić information content (AvgIpc) is 2.69. The lowest BCUT2D eigenvalue weighted by atomic mass is 10.2. The van der Waals surface area contributed by atoms with Crippen LogP contribution in [0, 0.1) is 0 Å². The van der Waals surface area contributed by atoms with Crippen LogP contribution in [0.1, 0.15) is 58.3 Å². The van der Waals surface area contributed by atoms with E-state index in [1.54, 1.807) is 0 Å². The summed E-state index contributed by atoms with van der Waals surface area (Å²) in [6.45, 7) is 2.53. The van der Waals surface area contributed by atoms with Crippen molar-refractivity contribution in [2.75, 3.05) is 20.8 Å². The lowest BCUT2D eigenvalue weighted by Gasteiger charge is -2.12. The molecule has 154 valence electrons. The topological polar surface area (TPSA) is 44.8 Å². The molecule has 0 radical (unpaired) electrons. The van der Waals surface area contributed by atoms with E-state index in [9.17, 15) is 4.57 Å². The fraction of sp³-hybridized carbons (Fsp3) is 0.545. The van der Waals surface area contributed by atoms with Gasteiger partial charge in [-0.3, -0.25) is 13.6 Å². The second-order valence-electron chi connectivity index (χ2n) is 5.85. The SMILES string of the molecule is CC/C=C\C/C=C\C/C=C\C/C=C\C/C=C\CCCCOP(=O)(OC)OC. The summed E-state index contributed by atoms with van der Waals surface area (Å²) in [5, 5.41) is 0. The standard InChI is InChI=1S/C22H37O4P/c1-4-5-6-7-8-9-10-11-12-13-14-15-16-17-18-19-20-21-22-26-27(23,24-2)25-3/h5-6,8-9,11-12,14-15,17-18H,4,7,10,13,16,19-22H2,1-3H3/b6-5-,9-8-,12-11-,15-14-,18-17-. The van der Waals surface area contributed by atoms with Gasteiger partial charge in [0, 0.05) is 14.2 Å². The fourth-order valence-electron chi connectivity index (χ4n) is 2.09. The third kappa shape index (κ3) is 18.0. The molecule has 0 amide bonds. The molecule has 0 aliphatic carbocycles. The molecule has 0 saturated carbocycles. The Morgan fingerprint density at radius 2 is 1.11 bits per heavy atom. The molecule has 0 unspecified atom stereocenters. The highest BCUT2D eigenvalue weighted by atomic mass is 31.2. The van der Waals surface area contributed by atoms with E-state index >= 15 is 0 Å². The number of rotatable bonds is 17. The normalized spacial score (nSPS) is 13.4. The number of hydrogen-bond acceptors (Lipinski definition) is 4. The minimum atomic E-state index is -3.31. The number of allylic oxidation sites excluding steroid dienone is 10. The predicted octanol–water partition coefficient (Wildman–Crippen LogP) is 7.33. The first-order chi connectivity index (χ1) is 13.2. The van der Waals surface area contributed by atoms with Crippen LogP contribution in [0.3, 0.4) is 0 Å². The molecule has 4 nitrogen and oxygen atoms in total. The largest absolute Gasteiger partial charge is 0.474 e. The Kier molecular flexibility index (Phi) is 18.7. The van der Waals surface area contributed by atoms with Crippen molar-refractivity contribution in [1.82, 2.24) is 0 Å². The van der Waals surface area contributed by atoms with Gasteiger partial charge in [0.1, 0.15) is 0 Å². The molecule has 0 saturated heterocycles. The van der Waals surface area contributed by atoms with Crippen molar-refractivity contribution in [2.45, 2.75) is 58.3 Å². The quantitative estimate of drug-likeness (QED) is 0.147. The Morgan fingerprint density at radius 1 is 0.667 bits per heavy atom. The Balaban J connectivity index is 3.54. The van der Waals surface area contributed by atoms with Crippen LogP contribution in [0.25, 0.3) is 0 Å². The van der Waals surface area contributed by atoms with Crippen LogP contribution in [-0.4, -0.2) is 20.8 Å². The molecule has 0 aliphatic heterocycles. The van der Waals surface area contributed by atoms with Crippen molar-refractivity contribution in [3.63, 3.8) is 0 Å². The lowest BCUT2D eigenvalue weighted by molar-refractivity contribution is 0.150. The minimum absolute atomic E-state index is 0.379. The Labute approximate surface area is 166 Å². The minimum Gasteiger partial charge on any atom is -0.290 e. The second-order valence-corrected chi connectivity index (χ2v) is 7.73. The summed E-state index contributed by atoms with van der Waals surface area (Å²) < 4.78 is 26.2. The van der Waals surface area contributed by atoms with E-state index in [1.165, 1.54) is 14.2 Å². The van der Waals surface area contributed by atoms with Crippen LogP contribution in [0.15, 0.2) is 60.8 Å². The molecule has 0 spiro atoms. The van der Waals surface area contributed by atoms with E-state index < -0.39 is 7.82 Å². The van der Waals surface area contributed by atoms with Crippen molar-refractivity contribution in [3.8, 4) is 0 Å². The van der Waals surface area contributed by atoms with Gasteiger partial charge in [-0.15, -0.1) is 0 Å². The van der Waals surface area contributed by atoms with Crippen LogP contribution in [0.4, 0.5) is 0 Å². The van der Waals surface area contributed by atoms with Crippen molar-refractivity contribution in [1.29, 1.82) is 0 Å². The first kappa shape index (κ1) is 25.8. The van der Waals surface area contributed by atoms with Gasteiger partial charge < -0.3 is 0 Å². The van der Waals surface area contributed by atoms with Gasteiger partial charge in [0.15, 0.2) is 0 Å². The van der Waals surface area contributed by atoms with E-state index in [1.807, 2.05) is 0 Å². The molecule has 0 aromatic heterocycles. The van der Waals surface area contributed by atoms with E-state index in [2.05, 4.69) is 67.7 Å². The predicted molar refractivity (Wildman–Crippen MR) is 116 cm³/mol. The Bertz CT molecular complexity index is 510. The van der Waals surface area contributed by atoms with Gasteiger partial charge in [0.2, 0.25) is 0 Å². The zero-order valence-electron chi connectivity index (χ0n) is 17.2. The molecular formula is C22H37O4P. The van der Waals surface area contributed by atoms with Crippen molar-refractivity contribution < 1.29 is 18.1 Å². The number of phosphoric ester groups is 1. The van der Waals surface area contributed by atoms with Crippen molar-refractivity contribution >= 4 is 7.82 Å². The maximum Gasteiger partial charge on any atom is 0.474 e. The van der Waals surface area contributed by atoms with E-state index in [0.717, 1.165) is 51.4 Å². The maximum absolute atomic E-state index is 11.6. The van der Waals surface area contributed by atoms with Gasteiger partial charge >= 0.3 is 7.82 Å². The van der Waals surface area contributed by atoms with Gasteiger partial charge in [0.25, 0.3) is 0 Å². The molecule has 0 bridgehead atoms.